The van der Waals surface area contributed by atoms with Gasteiger partial charge in [0.05, 0.1) is 6.10 Å². The van der Waals surface area contributed by atoms with Gasteiger partial charge in [0.15, 0.2) is 0 Å². The van der Waals surface area contributed by atoms with E-state index in [1.54, 1.807) is 0 Å². The second kappa shape index (κ2) is 6.78. The first-order valence-electron chi connectivity index (χ1n) is 6.65. The molecule has 2 rings (SSSR count). The highest BCUT2D eigenvalue weighted by Crippen LogP contribution is 2.25. The lowest BCUT2D eigenvalue weighted by molar-refractivity contribution is 0.173. The van der Waals surface area contributed by atoms with E-state index in [2.05, 4.69) is 43.3 Å². The molecule has 19 heavy (non-hydrogen) atoms. The standard InChI is InChI=1S/C17H20OS/c1-3-17(18)15-7-9-16(10-8-15)19-12-14-6-4-5-13(2)11-14/h4-11,17-18H,3,12H2,1-2H3/t17-/m0/s1. The van der Waals surface area contributed by atoms with Gasteiger partial charge in [0.25, 0.3) is 0 Å². The molecular weight excluding hydrogens is 252 g/mol. The maximum absolute atomic E-state index is 9.75. The Morgan fingerprint density at radius 3 is 2.47 bits per heavy atom. The molecule has 0 heterocycles. The molecule has 1 N–H and O–H groups in total. The van der Waals surface area contributed by atoms with Crippen LogP contribution in [0.3, 0.4) is 0 Å². The normalized spacial score (nSPS) is 12.4. The summed E-state index contributed by atoms with van der Waals surface area (Å²) < 4.78 is 0. The van der Waals surface area contributed by atoms with Gasteiger partial charge in [-0.3, -0.25) is 0 Å². The van der Waals surface area contributed by atoms with E-state index < -0.39 is 0 Å². The summed E-state index contributed by atoms with van der Waals surface area (Å²) in [6.45, 7) is 4.11. The van der Waals surface area contributed by atoms with Crippen molar-refractivity contribution >= 4 is 11.8 Å². The van der Waals surface area contributed by atoms with Crippen LogP contribution in [-0.4, -0.2) is 5.11 Å². The van der Waals surface area contributed by atoms with E-state index >= 15 is 0 Å². The summed E-state index contributed by atoms with van der Waals surface area (Å²) in [6.07, 6.45) is 0.423. The van der Waals surface area contributed by atoms with Crippen molar-refractivity contribution in [2.45, 2.75) is 37.0 Å². The van der Waals surface area contributed by atoms with E-state index in [1.165, 1.54) is 16.0 Å². The molecule has 0 bridgehead atoms. The van der Waals surface area contributed by atoms with Crippen LogP contribution in [0.15, 0.2) is 53.4 Å². The summed E-state index contributed by atoms with van der Waals surface area (Å²) >= 11 is 1.83. The van der Waals surface area contributed by atoms with E-state index in [0.29, 0.717) is 0 Å². The van der Waals surface area contributed by atoms with E-state index in [4.69, 9.17) is 0 Å². The molecule has 0 radical (unpaired) electrons. The van der Waals surface area contributed by atoms with Crippen LogP contribution in [0.25, 0.3) is 0 Å². The highest BCUT2D eigenvalue weighted by atomic mass is 32.2. The molecule has 100 valence electrons. The maximum atomic E-state index is 9.75. The van der Waals surface area contributed by atoms with Gasteiger partial charge in [-0.2, -0.15) is 0 Å². The smallest absolute Gasteiger partial charge is 0.0787 e. The van der Waals surface area contributed by atoms with Gasteiger partial charge in [-0.05, 0) is 36.6 Å². The number of hydrogen-bond acceptors (Lipinski definition) is 2. The van der Waals surface area contributed by atoms with Gasteiger partial charge >= 0.3 is 0 Å². The van der Waals surface area contributed by atoms with Crippen molar-refractivity contribution in [1.82, 2.24) is 0 Å². The molecule has 2 aromatic rings. The molecular formula is C17H20OS. The Hall–Kier alpha value is -1.25. The molecule has 2 aromatic carbocycles. The Morgan fingerprint density at radius 2 is 1.84 bits per heavy atom. The maximum Gasteiger partial charge on any atom is 0.0787 e. The lowest BCUT2D eigenvalue weighted by Crippen LogP contribution is -1.94. The summed E-state index contributed by atoms with van der Waals surface area (Å²) in [7, 11) is 0. The third-order valence-electron chi connectivity index (χ3n) is 3.14. The second-order valence-corrected chi connectivity index (χ2v) is 5.82. The fourth-order valence-electron chi connectivity index (χ4n) is 1.99. The van der Waals surface area contributed by atoms with Crippen LogP contribution in [0.5, 0.6) is 0 Å². The van der Waals surface area contributed by atoms with Crippen molar-refractivity contribution in [3.63, 3.8) is 0 Å². The van der Waals surface area contributed by atoms with Crippen molar-refractivity contribution in [3.8, 4) is 0 Å². The second-order valence-electron chi connectivity index (χ2n) is 4.77. The van der Waals surface area contributed by atoms with Crippen LogP contribution in [0, 0.1) is 6.92 Å². The summed E-state index contributed by atoms with van der Waals surface area (Å²) in [5.74, 6) is 0.983. The Bertz CT molecular complexity index is 519. The molecule has 0 saturated heterocycles. The predicted molar refractivity (Wildman–Crippen MR) is 82.4 cm³/mol. The van der Waals surface area contributed by atoms with Crippen molar-refractivity contribution in [2.75, 3.05) is 0 Å². The van der Waals surface area contributed by atoms with Gasteiger partial charge in [-0.25, -0.2) is 0 Å². The van der Waals surface area contributed by atoms with Crippen molar-refractivity contribution in [3.05, 3.63) is 65.2 Å². The first-order valence-corrected chi connectivity index (χ1v) is 7.64. The molecule has 2 heteroatoms. The molecule has 0 spiro atoms. The van der Waals surface area contributed by atoms with Crippen LogP contribution in [0.2, 0.25) is 0 Å². The molecule has 0 saturated carbocycles. The van der Waals surface area contributed by atoms with E-state index in [1.807, 2.05) is 30.8 Å². The summed E-state index contributed by atoms with van der Waals surface area (Å²) in [6, 6.07) is 16.8. The fourth-order valence-corrected chi connectivity index (χ4v) is 2.83. The lowest BCUT2D eigenvalue weighted by Gasteiger charge is -2.09. The first-order chi connectivity index (χ1) is 9.19. The first kappa shape index (κ1) is 14.2. The van der Waals surface area contributed by atoms with Crippen molar-refractivity contribution < 1.29 is 5.11 Å². The summed E-state index contributed by atoms with van der Waals surface area (Å²) in [5.41, 5.74) is 3.66. The Labute approximate surface area is 119 Å². The minimum Gasteiger partial charge on any atom is -0.388 e. The molecule has 1 nitrogen and oxygen atoms in total. The number of benzene rings is 2. The number of rotatable bonds is 5. The average molecular weight is 272 g/mol. The van der Waals surface area contributed by atoms with E-state index in [-0.39, 0.29) is 6.10 Å². The number of aryl methyl sites for hydroxylation is 1. The van der Waals surface area contributed by atoms with Gasteiger partial charge in [0.1, 0.15) is 0 Å². The number of aliphatic hydroxyl groups is 1. The minimum atomic E-state index is -0.337. The molecule has 0 aromatic heterocycles. The average Bonchev–Trinajstić information content (AvgIpc) is 2.45. The number of hydrogen-bond donors (Lipinski definition) is 1. The monoisotopic (exact) mass is 272 g/mol. The molecule has 0 aliphatic heterocycles. The molecule has 1 atom stereocenters. The lowest BCUT2D eigenvalue weighted by atomic mass is 10.1. The van der Waals surface area contributed by atoms with Gasteiger partial charge in [-0.1, -0.05) is 48.9 Å². The van der Waals surface area contributed by atoms with Gasteiger partial charge in [-0.15, -0.1) is 11.8 Å². The van der Waals surface area contributed by atoms with Crippen LogP contribution in [0.4, 0.5) is 0 Å². The molecule has 0 aliphatic rings. The zero-order valence-corrected chi connectivity index (χ0v) is 12.3. The van der Waals surface area contributed by atoms with Gasteiger partial charge < -0.3 is 5.11 Å². The van der Waals surface area contributed by atoms with Gasteiger partial charge in [0.2, 0.25) is 0 Å². The molecule has 0 unspecified atom stereocenters. The van der Waals surface area contributed by atoms with Gasteiger partial charge in [0, 0.05) is 10.6 Å². The number of thioether (sulfide) groups is 1. The zero-order chi connectivity index (χ0) is 13.7. The summed E-state index contributed by atoms with van der Waals surface area (Å²) in [5, 5.41) is 9.75. The third kappa shape index (κ3) is 4.12. The summed E-state index contributed by atoms with van der Waals surface area (Å²) in [4.78, 5) is 1.24. The van der Waals surface area contributed by atoms with Crippen LogP contribution >= 0.6 is 11.8 Å². The van der Waals surface area contributed by atoms with E-state index in [9.17, 15) is 5.11 Å². The minimum absolute atomic E-state index is 0.337. The molecule has 0 aliphatic carbocycles. The fraction of sp³-hybridized carbons (Fsp3) is 0.294. The van der Waals surface area contributed by atoms with Crippen LogP contribution < -0.4 is 0 Å². The van der Waals surface area contributed by atoms with Crippen molar-refractivity contribution in [1.29, 1.82) is 0 Å². The third-order valence-corrected chi connectivity index (χ3v) is 4.22. The topological polar surface area (TPSA) is 20.2 Å². The Morgan fingerprint density at radius 1 is 1.11 bits per heavy atom. The molecule has 0 fully saturated rings. The highest BCUT2D eigenvalue weighted by Gasteiger charge is 2.04. The van der Waals surface area contributed by atoms with Crippen LogP contribution in [0.1, 0.15) is 36.1 Å². The van der Waals surface area contributed by atoms with E-state index in [0.717, 1.165) is 17.7 Å². The SMILES string of the molecule is CC[C@H](O)c1ccc(SCc2cccc(C)c2)cc1. The highest BCUT2D eigenvalue weighted by molar-refractivity contribution is 7.98. The Kier molecular flexibility index (Phi) is 5.06. The van der Waals surface area contributed by atoms with Crippen molar-refractivity contribution in [2.24, 2.45) is 0 Å². The zero-order valence-electron chi connectivity index (χ0n) is 11.5. The molecule has 0 amide bonds. The predicted octanol–water partition coefficient (Wildman–Crippen LogP) is 4.73. The largest absolute Gasteiger partial charge is 0.388 e. The Balaban J connectivity index is 1.96. The van der Waals surface area contributed by atoms with Crippen LogP contribution in [-0.2, 0) is 5.75 Å². The quantitative estimate of drug-likeness (QED) is 0.794. The number of aliphatic hydroxyl groups excluding tert-OH is 1.